The van der Waals surface area contributed by atoms with Crippen LogP contribution in [0.5, 0.6) is 11.5 Å². The van der Waals surface area contributed by atoms with Crippen molar-refractivity contribution in [1.29, 1.82) is 0 Å². The van der Waals surface area contributed by atoms with Crippen LogP contribution in [0.25, 0.3) is 0 Å². The van der Waals surface area contributed by atoms with Crippen LogP contribution in [0.3, 0.4) is 0 Å². The summed E-state index contributed by atoms with van der Waals surface area (Å²) in [7, 11) is 3.05. The molecule has 2 saturated heterocycles. The summed E-state index contributed by atoms with van der Waals surface area (Å²) in [6.07, 6.45) is 4.18. The van der Waals surface area contributed by atoms with Gasteiger partial charge in [-0.3, -0.25) is 4.90 Å². The lowest BCUT2D eigenvalue weighted by atomic mass is 9.92. The second-order valence-corrected chi connectivity index (χ2v) is 7.32. The summed E-state index contributed by atoms with van der Waals surface area (Å²) in [5, 5.41) is 11.0. The van der Waals surface area contributed by atoms with Gasteiger partial charge in [0.15, 0.2) is 11.5 Å². The van der Waals surface area contributed by atoms with E-state index in [0.29, 0.717) is 30.2 Å². The van der Waals surface area contributed by atoms with Crippen molar-refractivity contribution < 1.29 is 19.0 Å². The fourth-order valence-corrected chi connectivity index (χ4v) is 4.09. The zero-order valence-electron chi connectivity index (χ0n) is 15.3. The summed E-state index contributed by atoms with van der Waals surface area (Å²) >= 11 is 0. The fourth-order valence-electron chi connectivity index (χ4n) is 4.09. The topological polar surface area (TPSA) is 45.2 Å². The first kappa shape index (κ1) is 18.4. The Morgan fingerprint density at radius 2 is 1.68 bits per heavy atom. The third-order valence-corrected chi connectivity index (χ3v) is 5.30. The lowest BCUT2D eigenvalue weighted by molar-refractivity contribution is -0.0521. The van der Waals surface area contributed by atoms with Crippen molar-refractivity contribution in [2.45, 2.75) is 37.8 Å². The van der Waals surface area contributed by atoms with Gasteiger partial charge in [-0.25, -0.2) is 4.39 Å². The molecule has 5 nitrogen and oxygen atoms in total. The van der Waals surface area contributed by atoms with Crippen LogP contribution in [0.1, 0.15) is 31.2 Å². The van der Waals surface area contributed by atoms with Gasteiger partial charge in [0.05, 0.1) is 19.8 Å². The number of β-amino-alcohol motifs (C(OH)–C–C–N with tert-alkyl or cyclic N) is 1. The molecule has 140 valence electrons. The van der Waals surface area contributed by atoms with E-state index in [4.69, 9.17) is 9.47 Å². The molecular formula is C19H29FN2O3. The Hall–Kier alpha value is -1.37. The number of benzene rings is 1. The number of nitrogens with zero attached hydrogens (tertiary/aromatic N) is 2. The number of piperidine rings is 1. The first-order valence-electron chi connectivity index (χ1n) is 9.10. The van der Waals surface area contributed by atoms with E-state index in [1.165, 1.54) is 26.0 Å². The van der Waals surface area contributed by atoms with E-state index in [1.54, 1.807) is 13.2 Å². The van der Waals surface area contributed by atoms with Gasteiger partial charge in [-0.15, -0.1) is 0 Å². The van der Waals surface area contributed by atoms with Crippen LogP contribution in [-0.4, -0.2) is 67.5 Å². The zero-order valence-corrected chi connectivity index (χ0v) is 15.3. The standard InChI is InChI=1S/C19H29FN2O3/c1-24-17-10-15(16(20)11-18(17)25-2)12-22-9-5-6-19(23,14-22)13-21-7-3-4-8-21/h10-11,23H,3-9,12-14H2,1-2H3. The normalized spacial score (nSPS) is 25.3. The van der Waals surface area contributed by atoms with Gasteiger partial charge in [-0.2, -0.15) is 0 Å². The highest BCUT2D eigenvalue weighted by Crippen LogP contribution is 2.31. The summed E-state index contributed by atoms with van der Waals surface area (Å²) in [4.78, 5) is 4.49. The Labute approximate surface area is 149 Å². The van der Waals surface area contributed by atoms with Crippen LogP contribution in [0.2, 0.25) is 0 Å². The molecule has 1 aromatic carbocycles. The zero-order chi connectivity index (χ0) is 17.9. The van der Waals surface area contributed by atoms with Gasteiger partial charge >= 0.3 is 0 Å². The van der Waals surface area contributed by atoms with Gasteiger partial charge in [-0.1, -0.05) is 0 Å². The van der Waals surface area contributed by atoms with Gasteiger partial charge in [0.1, 0.15) is 5.82 Å². The average Bonchev–Trinajstić information content (AvgIpc) is 3.08. The van der Waals surface area contributed by atoms with E-state index in [0.717, 1.165) is 39.0 Å². The molecule has 0 radical (unpaired) electrons. The quantitative estimate of drug-likeness (QED) is 0.851. The van der Waals surface area contributed by atoms with E-state index < -0.39 is 5.60 Å². The lowest BCUT2D eigenvalue weighted by Crippen LogP contribution is -2.53. The molecule has 1 atom stereocenters. The van der Waals surface area contributed by atoms with Crippen LogP contribution in [0.15, 0.2) is 12.1 Å². The maximum Gasteiger partial charge on any atom is 0.163 e. The van der Waals surface area contributed by atoms with Crippen LogP contribution in [0.4, 0.5) is 4.39 Å². The third kappa shape index (κ3) is 4.43. The number of halogens is 1. The minimum atomic E-state index is -0.699. The first-order chi connectivity index (χ1) is 12.0. The Balaban J connectivity index is 1.68. The highest BCUT2D eigenvalue weighted by atomic mass is 19.1. The van der Waals surface area contributed by atoms with E-state index >= 15 is 0 Å². The summed E-state index contributed by atoms with van der Waals surface area (Å²) in [6, 6.07) is 3.07. The molecule has 0 bridgehead atoms. The van der Waals surface area contributed by atoms with Crippen molar-refractivity contribution in [1.82, 2.24) is 9.80 Å². The second kappa shape index (κ2) is 7.89. The smallest absolute Gasteiger partial charge is 0.163 e. The van der Waals surface area contributed by atoms with Crippen molar-refractivity contribution in [2.24, 2.45) is 0 Å². The largest absolute Gasteiger partial charge is 0.493 e. The summed E-state index contributed by atoms with van der Waals surface area (Å²) in [5.41, 5.74) is -0.126. The molecule has 0 aliphatic carbocycles. The monoisotopic (exact) mass is 352 g/mol. The van der Waals surface area contributed by atoms with Crippen molar-refractivity contribution >= 4 is 0 Å². The molecule has 1 aromatic rings. The van der Waals surface area contributed by atoms with Gasteiger partial charge in [0, 0.05) is 31.3 Å². The molecule has 0 amide bonds. The number of methoxy groups -OCH3 is 2. The van der Waals surface area contributed by atoms with Crippen molar-refractivity contribution in [3.05, 3.63) is 23.5 Å². The predicted molar refractivity (Wildman–Crippen MR) is 94.6 cm³/mol. The Bertz CT molecular complexity index is 592. The Morgan fingerprint density at radius 1 is 1.04 bits per heavy atom. The Morgan fingerprint density at radius 3 is 2.36 bits per heavy atom. The third-order valence-electron chi connectivity index (χ3n) is 5.30. The van der Waals surface area contributed by atoms with Gasteiger partial charge in [0.2, 0.25) is 0 Å². The average molecular weight is 352 g/mol. The summed E-state index contributed by atoms with van der Waals surface area (Å²) < 4.78 is 24.8. The number of hydrogen-bond donors (Lipinski definition) is 1. The van der Waals surface area contributed by atoms with Gasteiger partial charge in [-0.05, 0) is 51.4 Å². The lowest BCUT2D eigenvalue weighted by Gasteiger charge is -2.41. The number of aliphatic hydroxyl groups is 1. The molecular weight excluding hydrogens is 323 g/mol. The second-order valence-electron chi connectivity index (χ2n) is 7.32. The Kier molecular flexibility index (Phi) is 5.81. The molecule has 1 unspecified atom stereocenters. The van der Waals surface area contributed by atoms with Crippen molar-refractivity contribution in [3.8, 4) is 11.5 Å². The number of rotatable bonds is 6. The molecule has 3 rings (SSSR count). The SMILES string of the molecule is COc1cc(F)c(CN2CCCC(O)(CN3CCCC3)C2)cc1OC. The maximum atomic E-state index is 14.4. The molecule has 2 aliphatic heterocycles. The number of likely N-dealkylation sites (tertiary alicyclic amines) is 2. The van der Waals surface area contributed by atoms with Crippen LogP contribution >= 0.6 is 0 Å². The number of hydrogen-bond acceptors (Lipinski definition) is 5. The maximum absolute atomic E-state index is 14.4. The molecule has 6 heteroatoms. The van der Waals surface area contributed by atoms with Gasteiger partial charge in [0.25, 0.3) is 0 Å². The molecule has 0 aromatic heterocycles. The molecule has 2 fully saturated rings. The number of ether oxygens (including phenoxy) is 2. The molecule has 2 heterocycles. The molecule has 2 aliphatic rings. The van der Waals surface area contributed by atoms with Crippen molar-refractivity contribution in [2.75, 3.05) is 46.9 Å². The van der Waals surface area contributed by atoms with Crippen molar-refractivity contribution in [3.63, 3.8) is 0 Å². The highest BCUT2D eigenvalue weighted by molar-refractivity contribution is 5.43. The molecule has 25 heavy (non-hydrogen) atoms. The minimum absolute atomic E-state index is 0.300. The van der Waals surface area contributed by atoms with Crippen LogP contribution < -0.4 is 9.47 Å². The van der Waals surface area contributed by atoms with E-state index in [1.807, 2.05) is 0 Å². The predicted octanol–water partition coefficient (Wildman–Crippen LogP) is 2.27. The minimum Gasteiger partial charge on any atom is -0.493 e. The summed E-state index contributed by atoms with van der Waals surface area (Å²) in [6.45, 7) is 4.79. The first-order valence-corrected chi connectivity index (χ1v) is 9.10. The van der Waals surface area contributed by atoms with Gasteiger partial charge < -0.3 is 19.5 Å². The molecule has 0 saturated carbocycles. The van der Waals surface area contributed by atoms with Crippen LogP contribution in [0, 0.1) is 5.82 Å². The van der Waals surface area contributed by atoms with E-state index in [9.17, 15) is 9.50 Å². The fraction of sp³-hybridized carbons (Fsp3) is 0.684. The van der Waals surface area contributed by atoms with E-state index in [2.05, 4.69) is 9.80 Å². The molecule has 1 N–H and O–H groups in total. The van der Waals surface area contributed by atoms with Crippen LogP contribution in [-0.2, 0) is 6.54 Å². The summed E-state index contributed by atoms with van der Waals surface area (Å²) in [5.74, 6) is 0.627. The highest BCUT2D eigenvalue weighted by Gasteiger charge is 2.35. The van der Waals surface area contributed by atoms with E-state index in [-0.39, 0.29) is 5.82 Å². The molecule has 0 spiro atoms.